The van der Waals surface area contributed by atoms with Crippen LogP contribution in [0.4, 0.5) is 0 Å². The van der Waals surface area contributed by atoms with E-state index in [1.54, 1.807) is 6.20 Å². The molecule has 1 atom stereocenters. The van der Waals surface area contributed by atoms with Crippen LogP contribution < -0.4 is 10.6 Å². The summed E-state index contributed by atoms with van der Waals surface area (Å²) < 4.78 is 11.8. The molecule has 1 aliphatic rings. The van der Waals surface area contributed by atoms with Gasteiger partial charge < -0.3 is 19.5 Å². The number of furan rings is 1. The molecule has 1 aliphatic heterocycles. The summed E-state index contributed by atoms with van der Waals surface area (Å²) in [5.74, 6) is 4.22. The van der Waals surface area contributed by atoms with Gasteiger partial charge in [0.25, 0.3) is 0 Å². The lowest BCUT2D eigenvalue weighted by Crippen LogP contribution is -2.42. The first-order valence-electron chi connectivity index (χ1n) is 10.6. The molecule has 7 nitrogen and oxygen atoms in total. The summed E-state index contributed by atoms with van der Waals surface area (Å²) in [5, 5.41) is 6.79. The molecule has 160 valence electrons. The van der Waals surface area contributed by atoms with Gasteiger partial charge in [-0.05, 0) is 51.9 Å². The average Bonchev–Trinajstić information content (AvgIpc) is 3.41. The highest BCUT2D eigenvalue weighted by Gasteiger charge is 2.26. The predicted molar refractivity (Wildman–Crippen MR) is 115 cm³/mol. The molecule has 0 saturated carbocycles. The Morgan fingerprint density at radius 2 is 1.97 bits per heavy atom. The minimum absolute atomic E-state index is 0.0537. The van der Waals surface area contributed by atoms with Crippen LogP contribution in [0.3, 0.4) is 0 Å². The van der Waals surface area contributed by atoms with Crippen LogP contribution in [0.25, 0.3) is 0 Å². The molecule has 1 fully saturated rings. The van der Waals surface area contributed by atoms with Crippen molar-refractivity contribution < 1.29 is 8.83 Å². The lowest BCUT2D eigenvalue weighted by atomic mass is 9.94. The highest BCUT2D eigenvalue weighted by Crippen LogP contribution is 2.26. The van der Waals surface area contributed by atoms with Crippen LogP contribution in [0, 0.1) is 6.92 Å². The van der Waals surface area contributed by atoms with Crippen molar-refractivity contribution in [2.75, 3.05) is 26.2 Å². The Bertz CT molecular complexity index is 796. The maximum atomic E-state index is 5.95. The van der Waals surface area contributed by atoms with Gasteiger partial charge in [-0.3, -0.25) is 4.90 Å². The van der Waals surface area contributed by atoms with Crippen LogP contribution in [0.1, 0.15) is 69.7 Å². The van der Waals surface area contributed by atoms with Crippen molar-refractivity contribution in [3.8, 4) is 0 Å². The predicted octanol–water partition coefficient (Wildman–Crippen LogP) is 3.77. The molecule has 0 radical (unpaired) electrons. The molecule has 0 spiro atoms. The first-order valence-corrected chi connectivity index (χ1v) is 10.6. The molecule has 3 heterocycles. The van der Waals surface area contributed by atoms with Crippen LogP contribution in [-0.2, 0) is 12.0 Å². The van der Waals surface area contributed by atoms with Crippen molar-refractivity contribution in [1.29, 1.82) is 0 Å². The summed E-state index contributed by atoms with van der Waals surface area (Å²) in [4.78, 5) is 11.5. The Morgan fingerprint density at radius 3 is 2.55 bits per heavy atom. The largest absolute Gasteiger partial charge is 0.465 e. The van der Waals surface area contributed by atoms with Crippen LogP contribution in [0.2, 0.25) is 0 Å². The van der Waals surface area contributed by atoms with E-state index in [9.17, 15) is 0 Å². The van der Waals surface area contributed by atoms with E-state index in [0.29, 0.717) is 12.4 Å². The fraction of sp³-hybridized carbons (Fsp3) is 0.636. The van der Waals surface area contributed by atoms with E-state index >= 15 is 0 Å². The summed E-state index contributed by atoms with van der Waals surface area (Å²) in [6, 6.07) is 4.32. The first-order chi connectivity index (χ1) is 13.9. The highest BCUT2D eigenvalue weighted by molar-refractivity contribution is 5.79. The Balaban J connectivity index is 1.66. The van der Waals surface area contributed by atoms with Gasteiger partial charge in [0, 0.05) is 18.5 Å². The second-order valence-corrected chi connectivity index (χ2v) is 8.65. The first kappa shape index (κ1) is 21.4. The van der Waals surface area contributed by atoms with Crippen molar-refractivity contribution in [2.24, 2.45) is 4.99 Å². The molecule has 0 aliphatic carbocycles. The summed E-state index contributed by atoms with van der Waals surface area (Å²) in [6.07, 6.45) is 4.28. The Labute approximate surface area is 174 Å². The van der Waals surface area contributed by atoms with Crippen LogP contribution in [0.15, 0.2) is 32.2 Å². The zero-order valence-electron chi connectivity index (χ0n) is 18.4. The molecule has 7 heteroatoms. The van der Waals surface area contributed by atoms with Gasteiger partial charge in [-0.1, -0.05) is 20.8 Å². The van der Waals surface area contributed by atoms with Gasteiger partial charge in [-0.15, -0.1) is 0 Å². The number of aryl methyl sites for hydroxylation is 1. The number of nitrogens with zero attached hydrogens (tertiary/aromatic N) is 3. The van der Waals surface area contributed by atoms with E-state index in [-0.39, 0.29) is 11.5 Å². The minimum Gasteiger partial charge on any atom is -0.465 e. The molecule has 3 rings (SSSR count). The number of guanidine groups is 1. The maximum absolute atomic E-state index is 5.95. The molecule has 0 aromatic carbocycles. The van der Waals surface area contributed by atoms with Gasteiger partial charge in [0.15, 0.2) is 5.96 Å². The summed E-state index contributed by atoms with van der Waals surface area (Å²) in [7, 11) is 0. The summed E-state index contributed by atoms with van der Waals surface area (Å²) in [5.41, 5.74) is -0.0537. The number of hydrogen-bond acceptors (Lipinski definition) is 5. The number of aliphatic imine (C=N–C) groups is 1. The number of likely N-dealkylation sites (tertiary alicyclic amines) is 1. The lowest BCUT2D eigenvalue weighted by Gasteiger charge is -2.26. The second kappa shape index (κ2) is 9.48. The highest BCUT2D eigenvalue weighted by atomic mass is 16.4. The number of rotatable bonds is 7. The zero-order valence-corrected chi connectivity index (χ0v) is 18.4. The Kier molecular flexibility index (Phi) is 7.00. The summed E-state index contributed by atoms with van der Waals surface area (Å²) in [6.45, 7) is 14.5. The fourth-order valence-corrected chi connectivity index (χ4v) is 3.51. The van der Waals surface area contributed by atoms with Gasteiger partial charge >= 0.3 is 0 Å². The molecule has 2 N–H and O–H groups in total. The molecule has 1 unspecified atom stereocenters. The molecule has 2 aromatic heterocycles. The Morgan fingerprint density at radius 1 is 1.21 bits per heavy atom. The monoisotopic (exact) mass is 401 g/mol. The average molecular weight is 402 g/mol. The molecule has 1 saturated heterocycles. The van der Waals surface area contributed by atoms with Gasteiger partial charge in [-0.25, -0.2) is 9.98 Å². The van der Waals surface area contributed by atoms with E-state index in [0.717, 1.165) is 49.4 Å². The molecule has 0 amide bonds. The molecular weight excluding hydrogens is 366 g/mol. The van der Waals surface area contributed by atoms with E-state index < -0.39 is 0 Å². The van der Waals surface area contributed by atoms with Crippen molar-refractivity contribution in [1.82, 2.24) is 20.5 Å². The van der Waals surface area contributed by atoms with Crippen LogP contribution in [0.5, 0.6) is 0 Å². The number of hydrogen-bond donors (Lipinski definition) is 2. The van der Waals surface area contributed by atoms with Gasteiger partial charge in [0.2, 0.25) is 5.89 Å². The fourth-order valence-electron chi connectivity index (χ4n) is 3.51. The second-order valence-electron chi connectivity index (χ2n) is 8.65. The zero-order chi connectivity index (χ0) is 20.9. The van der Waals surface area contributed by atoms with Crippen molar-refractivity contribution in [3.63, 3.8) is 0 Å². The Hall–Kier alpha value is -2.28. The quantitative estimate of drug-likeness (QED) is 0.543. The maximum Gasteiger partial charge on any atom is 0.216 e. The van der Waals surface area contributed by atoms with Crippen molar-refractivity contribution in [3.05, 3.63) is 41.5 Å². The molecule has 2 aromatic rings. The smallest absolute Gasteiger partial charge is 0.216 e. The van der Waals surface area contributed by atoms with Crippen LogP contribution in [-0.4, -0.2) is 42.0 Å². The molecular formula is C22H35N5O2. The van der Waals surface area contributed by atoms with Gasteiger partial charge in [0.05, 0.1) is 12.2 Å². The number of nitrogens with one attached hydrogen (secondary N) is 2. The third-order valence-electron chi connectivity index (χ3n) is 5.14. The lowest BCUT2D eigenvalue weighted by molar-refractivity contribution is 0.213. The third-order valence-corrected chi connectivity index (χ3v) is 5.14. The normalized spacial score (nSPS) is 16.9. The van der Waals surface area contributed by atoms with E-state index in [4.69, 9.17) is 8.83 Å². The van der Waals surface area contributed by atoms with E-state index in [2.05, 4.69) is 59.3 Å². The van der Waals surface area contributed by atoms with Crippen molar-refractivity contribution in [2.45, 2.75) is 65.5 Å². The number of aromatic nitrogens is 1. The third kappa shape index (κ3) is 5.85. The molecule has 0 bridgehead atoms. The topological polar surface area (TPSA) is 78.8 Å². The van der Waals surface area contributed by atoms with Gasteiger partial charge in [0.1, 0.15) is 23.8 Å². The van der Waals surface area contributed by atoms with E-state index in [1.807, 2.05) is 13.0 Å². The van der Waals surface area contributed by atoms with Crippen LogP contribution >= 0.6 is 0 Å². The summed E-state index contributed by atoms with van der Waals surface area (Å²) >= 11 is 0. The standard InChI is InChI=1S/C22H35N5O2/c1-6-23-21(26-15-20-24-14-19(29-20)22(3,4)5)25-13-17(27-11-7-8-12-27)18-10-9-16(2)28-18/h9-10,14,17H,6-8,11-13,15H2,1-5H3,(H2,23,25,26). The van der Waals surface area contributed by atoms with E-state index in [1.165, 1.54) is 12.8 Å². The number of oxazole rings is 1. The molecule has 29 heavy (non-hydrogen) atoms. The van der Waals surface area contributed by atoms with Gasteiger partial charge in [-0.2, -0.15) is 0 Å². The SMILES string of the molecule is CCNC(=NCc1ncc(C(C)(C)C)o1)NCC(c1ccc(C)o1)N1CCCC1. The van der Waals surface area contributed by atoms with Crippen molar-refractivity contribution >= 4 is 5.96 Å². The minimum atomic E-state index is -0.0537.